The van der Waals surface area contributed by atoms with Gasteiger partial charge in [-0.1, -0.05) is 25.3 Å². The molecule has 2 aromatic carbocycles. The number of amides is 2. The van der Waals surface area contributed by atoms with E-state index in [9.17, 15) is 9.59 Å². The summed E-state index contributed by atoms with van der Waals surface area (Å²) in [6, 6.07) is 13.2. The zero-order valence-electron chi connectivity index (χ0n) is 19.8. The first-order valence-corrected chi connectivity index (χ1v) is 13.4. The molecule has 3 aromatic rings. The number of nitrogens with one attached hydrogen (secondary N) is 2. The molecule has 7 nitrogen and oxygen atoms in total. The molecule has 1 aromatic heterocycles. The topological polar surface area (TPSA) is 89.6 Å². The summed E-state index contributed by atoms with van der Waals surface area (Å²) in [6.45, 7) is 0. The molecule has 1 fully saturated rings. The molecule has 0 saturated heterocycles. The fraction of sp³-hybridized carbons (Fsp3) is 0.346. The van der Waals surface area contributed by atoms with Crippen molar-refractivity contribution in [3.05, 3.63) is 47.8 Å². The Morgan fingerprint density at radius 3 is 2.60 bits per heavy atom. The van der Waals surface area contributed by atoms with Crippen LogP contribution in [-0.4, -0.2) is 36.8 Å². The minimum atomic E-state index is -0.139. The number of carbonyl (C=O) groups is 2. The lowest BCUT2D eigenvalue weighted by atomic mass is 9.88. The van der Waals surface area contributed by atoms with Crippen LogP contribution in [0.25, 0.3) is 11.3 Å². The Balaban J connectivity index is 1.30. The van der Waals surface area contributed by atoms with Crippen LogP contribution in [0.15, 0.2) is 52.7 Å². The van der Waals surface area contributed by atoms with E-state index >= 15 is 0 Å². The monoisotopic (exact) mass is 511 g/mol. The molecular weight excluding hydrogens is 482 g/mol. The maximum absolute atomic E-state index is 12.5. The average molecular weight is 512 g/mol. The highest BCUT2D eigenvalue weighted by atomic mass is 32.2. The second-order valence-electron chi connectivity index (χ2n) is 8.30. The predicted octanol–water partition coefficient (Wildman–Crippen LogP) is 6.08. The molecule has 2 amide bonds. The molecule has 0 aliphatic heterocycles. The molecule has 2 N–H and O–H groups in total. The third kappa shape index (κ3) is 6.76. The molecule has 184 valence electrons. The van der Waals surface area contributed by atoms with Crippen molar-refractivity contribution in [1.82, 2.24) is 4.98 Å². The minimum absolute atomic E-state index is 0.0960. The summed E-state index contributed by atoms with van der Waals surface area (Å²) < 4.78 is 10.6. The van der Waals surface area contributed by atoms with Crippen LogP contribution in [0.1, 0.15) is 32.1 Å². The number of thioether (sulfide) groups is 1. The Kier molecular flexibility index (Phi) is 8.65. The summed E-state index contributed by atoms with van der Waals surface area (Å²) in [7, 11) is 3.18. The van der Waals surface area contributed by atoms with Crippen LogP contribution < -0.4 is 20.1 Å². The van der Waals surface area contributed by atoms with Gasteiger partial charge in [-0.2, -0.15) is 0 Å². The fourth-order valence-electron chi connectivity index (χ4n) is 4.04. The Hall–Kier alpha value is -3.04. The van der Waals surface area contributed by atoms with E-state index in [4.69, 9.17) is 9.47 Å². The van der Waals surface area contributed by atoms with E-state index in [-0.39, 0.29) is 23.5 Å². The number of aromatic nitrogens is 1. The van der Waals surface area contributed by atoms with Crippen molar-refractivity contribution >= 4 is 45.7 Å². The van der Waals surface area contributed by atoms with Crippen LogP contribution in [0.5, 0.6) is 11.5 Å². The highest BCUT2D eigenvalue weighted by molar-refractivity contribution is 8.00. The van der Waals surface area contributed by atoms with Crippen LogP contribution in [0.4, 0.5) is 10.8 Å². The van der Waals surface area contributed by atoms with E-state index in [0.717, 1.165) is 47.5 Å². The number of rotatable bonds is 9. The fourth-order valence-corrected chi connectivity index (χ4v) is 5.53. The van der Waals surface area contributed by atoms with Crippen molar-refractivity contribution in [3.8, 4) is 22.8 Å². The summed E-state index contributed by atoms with van der Waals surface area (Å²) in [5.41, 5.74) is 2.40. The zero-order valence-corrected chi connectivity index (χ0v) is 21.5. The first kappa shape index (κ1) is 25.1. The quantitative estimate of drug-likeness (QED) is 0.339. The first-order valence-electron chi connectivity index (χ1n) is 11.6. The van der Waals surface area contributed by atoms with Crippen LogP contribution in [0, 0.1) is 5.92 Å². The van der Waals surface area contributed by atoms with Gasteiger partial charge in [-0.05, 0) is 49.2 Å². The third-order valence-electron chi connectivity index (χ3n) is 5.88. The number of nitrogens with zero attached hydrogens (tertiary/aromatic N) is 1. The smallest absolute Gasteiger partial charge is 0.236 e. The van der Waals surface area contributed by atoms with Gasteiger partial charge < -0.3 is 20.1 Å². The highest BCUT2D eigenvalue weighted by Crippen LogP contribution is 2.33. The lowest BCUT2D eigenvalue weighted by Gasteiger charge is -2.20. The van der Waals surface area contributed by atoms with Gasteiger partial charge in [0.1, 0.15) is 0 Å². The van der Waals surface area contributed by atoms with E-state index in [1.54, 1.807) is 14.2 Å². The van der Waals surface area contributed by atoms with E-state index in [1.807, 2.05) is 47.8 Å². The van der Waals surface area contributed by atoms with Gasteiger partial charge in [-0.25, -0.2) is 4.98 Å². The molecule has 9 heteroatoms. The first-order chi connectivity index (χ1) is 17.1. The molecule has 4 rings (SSSR count). The maximum atomic E-state index is 12.5. The number of hydrogen-bond donors (Lipinski definition) is 2. The highest BCUT2D eigenvalue weighted by Gasteiger charge is 2.21. The summed E-state index contributed by atoms with van der Waals surface area (Å²) in [4.78, 5) is 30.5. The predicted molar refractivity (Wildman–Crippen MR) is 142 cm³/mol. The number of methoxy groups -OCH3 is 2. The molecule has 0 bridgehead atoms. The van der Waals surface area contributed by atoms with E-state index in [2.05, 4.69) is 15.6 Å². The summed E-state index contributed by atoms with van der Waals surface area (Å²) in [5.74, 6) is 1.57. The van der Waals surface area contributed by atoms with Crippen molar-refractivity contribution in [1.29, 1.82) is 0 Å². The second-order valence-corrected chi connectivity index (χ2v) is 10.2. The molecule has 0 unspecified atom stereocenters. The van der Waals surface area contributed by atoms with Gasteiger partial charge in [0.2, 0.25) is 11.8 Å². The maximum Gasteiger partial charge on any atom is 0.236 e. The van der Waals surface area contributed by atoms with Crippen molar-refractivity contribution in [2.45, 2.75) is 37.0 Å². The molecular formula is C26H29N3O4S2. The number of ether oxygens (including phenoxy) is 2. The second kappa shape index (κ2) is 12.1. The molecule has 0 radical (unpaired) electrons. The van der Waals surface area contributed by atoms with Crippen LogP contribution >= 0.6 is 23.1 Å². The number of thiazole rings is 1. The average Bonchev–Trinajstić information content (AvgIpc) is 3.36. The number of carbonyl (C=O) groups excluding carboxylic acids is 2. The number of anilines is 2. The Morgan fingerprint density at radius 2 is 1.83 bits per heavy atom. The largest absolute Gasteiger partial charge is 0.493 e. The number of hydrogen-bond acceptors (Lipinski definition) is 7. The van der Waals surface area contributed by atoms with Gasteiger partial charge in [0, 0.05) is 27.4 Å². The van der Waals surface area contributed by atoms with E-state index in [1.165, 1.54) is 29.5 Å². The van der Waals surface area contributed by atoms with E-state index < -0.39 is 0 Å². The van der Waals surface area contributed by atoms with Crippen LogP contribution in [0.2, 0.25) is 0 Å². The minimum Gasteiger partial charge on any atom is -0.493 e. The Morgan fingerprint density at radius 1 is 1.03 bits per heavy atom. The summed E-state index contributed by atoms with van der Waals surface area (Å²) in [5, 5.41) is 8.33. The standard InChI is InChI=1S/C26H29N3O4S2/c1-32-22-12-11-18(13-23(22)33-2)21-15-35-26(28-21)29-24(30)16-34-20-10-6-9-19(14-20)27-25(31)17-7-4-3-5-8-17/h6,9-15,17H,3-5,7-8,16H2,1-2H3,(H,27,31)(H,28,29,30). The molecule has 1 aliphatic carbocycles. The van der Waals surface area contributed by atoms with Crippen LogP contribution in [0.3, 0.4) is 0 Å². The summed E-state index contributed by atoms with van der Waals surface area (Å²) in [6.07, 6.45) is 5.39. The van der Waals surface area contributed by atoms with Gasteiger partial charge in [-0.3, -0.25) is 9.59 Å². The SMILES string of the molecule is COc1ccc(-c2csc(NC(=O)CSc3cccc(NC(=O)C4CCCCC4)c3)n2)cc1OC. The molecule has 1 saturated carbocycles. The molecule has 1 heterocycles. The van der Waals surface area contributed by atoms with E-state index in [0.29, 0.717) is 16.6 Å². The molecule has 35 heavy (non-hydrogen) atoms. The van der Waals surface area contributed by atoms with Gasteiger partial charge in [0.25, 0.3) is 0 Å². The van der Waals surface area contributed by atoms with Gasteiger partial charge in [-0.15, -0.1) is 23.1 Å². The molecule has 1 aliphatic rings. The van der Waals surface area contributed by atoms with Gasteiger partial charge in [0.15, 0.2) is 16.6 Å². The molecule has 0 spiro atoms. The van der Waals surface area contributed by atoms with Crippen molar-refractivity contribution in [2.75, 3.05) is 30.6 Å². The third-order valence-corrected chi connectivity index (χ3v) is 7.63. The van der Waals surface area contributed by atoms with Crippen LogP contribution in [-0.2, 0) is 9.59 Å². The van der Waals surface area contributed by atoms with Crippen molar-refractivity contribution in [2.24, 2.45) is 5.92 Å². The van der Waals surface area contributed by atoms with Gasteiger partial charge >= 0.3 is 0 Å². The Labute approximate surface area is 213 Å². The van der Waals surface area contributed by atoms with Crippen molar-refractivity contribution in [3.63, 3.8) is 0 Å². The van der Waals surface area contributed by atoms with Crippen molar-refractivity contribution < 1.29 is 19.1 Å². The normalized spacial score (nSPS) is 13.8. The van der Waals surface area contributed by atoms with Gasteiger partial charge in [0.05, 0.1) is 25.7 Å². The zero-order chi connectivity index (χ0) is 24.6. The Bertz CT molecular complexity index is 1170. The molecule has 0 atom stereocenters. The lowest BCUT2D eigenvalue weighted by Crippen LogP contribution is -2.24. The lowest BCUT2D eigenvalue weighted by molar-refractivity contribution is -0.120. The summed E-state index contributed by atoms with van der Waals surface area (Å²) >= 11 is 2.79. The number of benzene rings is 2.